The number of nitrogens with one attached hydrogen (secondary N) is 3. The molecule has 2 saturated heterocycles. The maximum Gasteiger partial charge on any atom is 0.412 e. The van der Waals surface area contributed by atoms with Crippen molar-refractivity contribution in [2.45, 2.75) is 52.0 Å². The van der Waals surface area contributed by atoms with E-state index in [9.17, 15) is 14.4 Å². The Kier molecular flexibility index (Phi) is 12.6. The molecule has 1 unspecified atom stereocenters. The highest BCUT2D eigenvalue weighted by Crippen LogP contribution is 2.32. The van der Waals surface area contributed by atoms with Crippen molar-refractivity contribution in [1.29, 1.82) is 0 Å². The number of aliphatic imine (C=N–C) groups is 1. The van der Waals surface area contributed by atoms with Gasteiger partial charge in [0.15, 0.2) is 5.69 Å². The average Bonchev–Trinajstić information content (AvgIpc) is 3.17. The van der Waals surface area contributed by atoms with Gasteiger partial charge in [-0.1, -0.05) is 43.3 Å². The van der Waals surface area contributed by atoms with Crippen molar-refractivity contribution in [2.75, 3.05) is 59.8 Å². The number of hydrogen-bond acceptors (Lipinski definition) is 13. The Labute approximate surface area is 325 Å². The summed E-state index contributed by atoms with van der Waals surface area (Å²) < 4.78 is 16.6. The third kappa shape index (κ3) is 10.3. The lowest BCUT2D eigenvalue weighted by atomic mass is 9.89. The summed E-state index contributed by atoms with van der Waals surface area (Å²) in [6, 6.07) is 17.8. The number of piperidine rings is 1. The number of benzene rings is 2. The smallest absolute Gasteiger partial charge is 0.412 e. The molecule has 294 valence electrons. The fourth-order valence-electron chi connectivity index (χ4n) is 6.74. The highest BCUT2D eigenvalue weighted by molar-refractivity contribution is 6.16. The summed E-state index contributed by atoms with van der Waals surface area (Å²) >= 11 is 0. The molecular formula is C40H48N10O6. The van der Waals surface area contributed by atoms with Crippen LogP contribution in [0.25, 0.3) is 10.9 Å². The molecule has 0 radical (unpaired) electrons. The zero-order valence-electron chi connectivity index (χ0n) is 32.0. The van der Waals surface area contributed by atoms with Crippen LogP contribution < -0.4 is 31.6 Å². The van der Waals surface area contributed by atoms with Crippen molar-refractivity contribution in [1.82, 2.24) is 15.3 Å². The predicted octanol–water partition coefficient (Wildman–Crippen LogP) is 5.20. The van der Waals surface area contributed by atoms with Gasteiger partial charge in [0.05, 0.1) is 60.3 Å². The Balaban J connectivity index is 1.29. The van der Waals surface area contributed by atoms with Crippen molar-refractivity contribution in [3.8, 4) is 0 Å². The fourth-order valence-corrected chi connectivity index (χ4v) is 6.74. The number of morpholine rings is 1. The number of rotatable bonds is 10. The van der Waals surface area contributed by atoms with E-state index in [1.165, 1.54) is 12.4 Å². The van der Waals surface area contributed by atoms with Crippen LogP contribution in [-0.2, 0) is 20.8 Å². The minimum atomic E-state index is -0.739. The van der Waals surface area contributed by atoms with Gasteiger partial charge in [-0.3, -0.25) is 20.1 Å². The molecule has 0 spiro atoms. The third-order valence-corrected chi connectivity index (χ3v) is 9.26. The number of fused-ring (bicyclic) bond motifs is 1. The topological polar surface area (TPSA) is 198 Å². The molecule has 3 amide bonds. The van der Waals surface area contributed by atoms with E-state index in [0.29, 0.717) is 43.2 Å². The van der Waals surface area contributed by atoms with E-state index in [0.717, 1.165) is 29.7 Å². The van der Waals surface area contributed by atoms with E-state index in [1.807, 2.05) is 55.5 Å². The summed E-state index contributed by atoms with van der Waals surface area (Å²) in [5.74, 6) is 4.65. The van der Waals surface area contributed by atoms with E-state index in [2.05, 4.69) is 40.8 Å². The van der Waals surface area contributed by atoms with Crippen molar-refractivity contribution in [2.24, 2.45) is 21.9 Å². The van der Waals surface area contributed by atoms with Gasteiger partial charge in [-0.05, 0) is 56.5 Å². The molecule has 3 atom stereocenters. The van der Waals surface area contributed by atoms with Crippen LogP contribution in [-0.4, -0.2) is 97.6 Å². The van der Waals surface area contributed by atoms with E-state index < -0.39 is 29.7 Å². The molecule has 2 aliphatic rings. The van der Waals surface area contributed by atoms with Crippen LogP contribution in [0.3, 0.4) is 0 Å². The molecular weight excluding hydrogens is 717 g/mol. The number of carbonyl (C=O) groups excluding carboxylic acids is 3. The Morgan fingerprint density at radius 2 is 1.75 bits per heavy atom. The summed E-state index contributed by atoms with van der Waals surface area (Å²) in [4.78, 5) is 58.4. The number of hydrazone groups is 1. The standard InChI is InChI=1S/C40H48N10O6/c1-26-23-50(24-33(35(26)43-14-15-44-41)48-39(53)56-40(2,3)4)34-12-13-42-22-32(34)46-37(51)36-31(47-38(52)55-25-27-8-6-5-7-9-27)20-28-10-11-29(21-30(28)45-36)49-16-18-54-19-17-49/h5-15,20-22,26,33,35H,16-19,23-25,41H2,1-4H3,(H,46,51)(H,47,52)(H,48,53)/t26-,33?,35-/m0/s1. The average molecular weight is 765 g/mol. The van der Waals surface area contributed by atoms with Gasteiger partial charge in [0.2, 0.25) is 0 Å². The molecule has 16 heteroatoms. The number of nitrogens with two attached hydrogens (primary N) is 1. The van der Waals surface area contributed by atoms with Crippen LogP contribution >= 0.6 is 0 Å². The molecule has 2 aromatic carbocycles. The molecule has 0 saturated carbocycles. The molecule has 2 aliphatic heterocycles. The summed E-state index contributed by atoms with van der Waals surface area (Å²) in [7, 11) is 0. The Hall–Kier alpha value is -6.29. The Morgan fingerprint density at radius 1 is 0.964 bits per heavy atom. The number of anilines is 4. The summed E-state index contributed by atoms with van der Waals surface area (Å²) in [6.07, 6.45) is 4.77. The molecule has 0 aliphatic carbocycles. The van der Waals surface area contributed by atoms with Gasteiger partial charge in [0.1, 0.15) is 12.2 Å². The zero-order valence-corrected chi connectivity index (χ0v) is 32.0. The first-order valence-electron chi connectivity index (χ1n) is 18.5. The van der Waals surface area contributed by atoms with Crippen LogP contribution in [0.5, 0.6) is 0 Å². The van der Waals surface area contributed by atoms with Gasteiger partial charge in [-0.2, -0.15) is 5.10 Å². The normalized spacial score (nSPS) is 18.9. The minimum Gasteiger partial charge on any atom is -0.444 e. The predicted molar refractivity (Wildman–Crippen MR) is 217 cm³/mol. The van der Waals surface area contributed by atoms with Gasteiger partial charge >= 0.3 is 12.2 Å². The number of aromatic nitrogens is 2. The molecule has 0 bridgehead atoms. The zero-order chi connectivity index (χ0) is 39.7. The lowest BCUT2D eigenvalue weighted by Crippen LogP contribution is -2.58. The summed E-state index contributed by atoms with van der Waals surface area (Å²) in [6.45, 7) is 11.0. The van der Waals surface area contributed by atoms with E-state index in [4.69, 9.17) is 25.0 Å². The first-order chi connectivity index (χ1) is 27.0. The molecule has 16 nitrogen and oxygen atoms in total. The highest BCUT2D eigenvalue weighted by Gasteiger charge is 2.37. The number of alkyl carbamates (subject to hydrolysis) is 1. The SMILES string of the molecule is C[C@H]1CN(c2ccncc2NC(=O)c2nc3cc(N4CCOCC4)ccc3cc2NC(=O)OCc2ccccc2)CC(NC(=O)OC(C)(C)C)[C@H]1N=CC=NN. The molecule has 4 heterocycles. The Morgan fingerprint density at radius 3 is 2.50 bits per heavy atom. The maximum atomic E-state index is 14.3. The van der Waals surface area contributed by atoms with Gasteiger partial charge in [-0.15, -0.1) is 0 Å². The van der Waals surface area contributed by atoms with Crippen LogP contribution in [0.1, 0.15) is 43.7 Å². The van der Waals surface area contributed by atoms with E-state index in [-0.39, 0.29) is 29.9 Å². The van der Waals surface area contributed by atoms with Crippen molar-refractivity contribution >= 4 is 64.2 Å². The van der Waals surface area contributed by atoms with Gasteiger partial charge in [0, 0.05) is 49.7 Å². The third-order valence-electron chi connectivity index (χ3n) is 9.26. The first-order valence-corrected chi connectivity index (χ1v) is 18.5. The molecule has 5 N–H and O–H groups in total. The molecule has 4 aromatic rings. The fraction of sp³-hybridized carbons (Fsp3) is 0.375. The van der Waals surface area contributed by atoms with Crippen molar-refractivity contribution in [3.63, 3.8) is 0 Å². The summed E-state index contributed by atoms with van der Waals surface area (Å²) in [5, 5.41) is 13.0. The van der Waals surface area contributed by atoms with Gasteiger partial charge < -0.3 is 40.5 Å². The van der Waals surface area contributed by atoms with Crippen LogP contribution in [0.4, 0.5) is 32.3 Å². The van der Waals surface area contributed by atoms with E-state index >= 15 is 0 Å². The first kappa shape index (κ1) is 39.4. The van der Waals surface area contributed by atoms with Crippen LogP contribution in [0.15, 0.2) is 83.2 Å². The Bertz CT molecular complexity index is 2070. The molecule has 6 rings (SSSR count). The number of nitrogens with zero attached hydrogens (tertiary/aromatic N) is 6. The summed E-state index contributed by atoms with van der Waals surface area (Å²) in [5.41, 5.74) is 2.85. The maximum absolute atomic E-state index is 14.3. The second kappa shape index (κ2) is 17.9. The molecule has 2 aromatic heterocycles. The van der Waals surface area contributed by atoms with Crippen molar-refractivity contribution in [3.05, 3.63) is 84.3 Å². The van der Waals surface area contributed by atoms with Crippen molar-refractivity contribution < 1.29 is 28.6 Å². The number of carbonyl (C=O) groups is 3. The monoisotopic (exact) mass is 764 g/mol. The molecule has 56 heavy (non-hydrogen) atoms. The number of pyridine rings is 2. The van der Waals surface area contributed by atoms with Gasteiger partial charge in [0.25, 0.3) is 5.91 Å². The highest BCUT2D eigenvalue weighted by atomic mass is 16.6. The largest absolute Gasteiger partial charge is 0.444 e. The molecule has 2 fully saturated rings. The number of amides is 3. The van der Waals surface area contributed by atoms with E-state index in [1.54, 1.807) is 45.3 Å². The van der Waals surface area contributed by atoms with Gasteiger partial charge in [-0.25, -0.2) is 14.6 Å². The lowest BCUT2D eigenvalue weighted by Gasteiger charge is -2.42. The lowest BCUT2D eigenvalue weighted by molar-refractivity contribution is 0.0487. The second-order valence-corrected chi connectivity index (χ2v) is 14.6. The quantitative estimate of drug-likeness (QED) is 0.0941. The number of hydrogen-bond donors (Lipinski definition) is 4. The van der Waals surface area contributed by atoms with Crippen LogP contribution in [0, 0.1) is 5.92 Å². The number of ether oxygens (including phenoxy) is 3. The second-order valence-electron chi connectivity index (χ2n) is 14.6. The van der Waals surface area contributed by atoms with Crippen LogP contribution in [0.2, 0.25) is 0 Å². The minimum absolute atomic E-state index is 0.0180.